The molecule has 11 heavy (non-hydrogen) atoms. The van der Waals surface area contributed by atoms with Crippen molar-refractivity contribution in [1.29, 1.82) is 0 Å². The Hall–Kier alpha value is -0.590. The number of allylic oxidation sites excluding steroid dienone is 2. The zero-order valence-corrected chi connectivity index (χ0v) is 6.88. The third-order valence-electron chi connectivity index (χ3n) is 1.92. The van der Waals surface area contributed by atoms with E-state index in [0.717, 1.165) is 25.7 Å². The van der Waals surface area contributed by atoms with Crippen LogP contribution in [0.15, 0.2) is 12.2 Å². The smallest absolute Gasteiger partial charge is 0.155 e. The number of ketones is 1. The molecule has 0 amide bonds. The van der Waals surface area contributed by atoms with Crippen LogP contribution in [0.1, 0.15) is 38.5 Å². The average molecular weight is 151 g/mol. The zero-order chi connectivity index (χ0) is 7.94. The molecule has 1 heteroatoms. The first-order valence-corrected chi connectivity index (χ1v) is 4.40. The minimum Gasteiger partial charge on any atom is -0.295 e. The molecule has 0 atom stereocenters. The van der Waals surface area contributed by atoms with Crippen molar-refractivity contribution in [3.8, 4) is 0 Å². The first-order valence-electron chi connectivity index (χ1n) is 4.40. The first-order chi connectivity index (χ1) is 5.39. The lowest BCUT2D eigenvalue weighted by molar-refractivity contribution is -0.114. The van der Waals surface area contributed by atoms with Crippen LogP contribution in [0.2, 0.25) is 0 Å². The minimum absolute atomic E-state index is 0.298. The van der Waals surface area contributed by atoms with E-state index >= 15 is 0 Å². The van der Waals surface area contributed by atoms with Gasteiger partial charge < -0.3 is 0 Å². The van der Waals surface area contributed by atoms with Crippen molar-refractivity contribution >= 4 is 5.78 Å². The van der Waals surface area contributed by atoms with Crippen molar-refractivity contribution < 1.29 is 4.79 Å². The molecule has 0 aliphatic heterocycles. The Kier molecular flexibility index (Phi) is 3.95. The number of carbonyl (C=O) groups is 1. The van der Waals surface area contributed by atoms with Gasteiger partial charge in [-0.15, -0.1) is 0 Å². The first kappa shape index (κ1) is 8.51. The van der Waals surface area contributed by atoms with Gasteiger partial charge in [-0.05, 0) is 31.8 Å². The molecule has 0 fully saturated rings. The Bertz CT molecular complexity index is 147. The topological polar surface area (TPSA) is 17.1 Å². The second kappa shape index (κ2) is 5.11. The summed E-state index contributed by atoms with van der Waals surface area (Å²) in [7, 11) is 0. The second-order valence-electron chi connectivity index (χ2n) is 2.98. The van der Waals surface area contributed by atoms with Crippen LogP contribution >= 0.6 is 0 Å². The van der Waals surface area contributed by atoms with Gasteiger partial charge in [0.1, 0.15) is 0 Å². The van der Waals surface area contributed by atoms with Crippen LogP contribution in [-0.2, 0) is 4.79 Å². The Labute approximate surface area is 68.5 Å². The second-order valence-corrected chi connectivity index (χ2v) is 2.98. The fourth-order valence-electron chi connectivity index (χ4n) is 1.24. The number of hydrogen-bond acceptors (Lipinski definition) is 1. The SMILES string of the molecule is O=C1/C=C\CC[CH]CCCC1. The molecule has 0 unspecified atom stereocenters. The van der Waals surface area contributed by atoms with E-state index in [1.807, 2.05) is 6.08 Å². The number of carbonyl (C=O) groups excluding carboxylic acids is 1. The Balaban J connectivity index is 2.32. The van der Waals surface area contributed by atoms with Gasteiger partial charge in [-0.1, -0.05) is 18.9 Å². The normalized spacial score (nSPS) is 24.5. The van der Waals surface area contributed by atoms with Gasteiger partial charge in [-0.25, -0.2) is 0 Å². The van der Waals surface area contributed by atoms with Gasteiger partial charge in [0, 0.05) is 6.42 Å². The quantitative estimate of drug-likeness (QED) is 0.520. The Morgan fingerprint density at radius 3 is 2.91 bits per heavy atom. The van der Waals surface area contributed by atoms with Gasteiger partial charge in [0.25, 0.3) is 0 Å². The maximum Gasteiger partial charge on any atom is 0.155 e. The van der Waals surface area contributed by atoms with Gasteiger partial charge in [-0.2, -0.15) is 0 Å². The molecule has 0 aromatic heterocycles. The summed E-state index contributed by atoms with van der Waals surface area (Å²) in [5, 5.41) is 0. The van der Waals surface area contributed by atoms with Crippen molar-refractivity contribution in [2.45, 2.75) is 38.5 Å². The van der Waals surface area contributed by atoms with E-state index in [1.165, 1.54) is 12.8 Å². The standard InChI is InChI=1S/C10H15O/c11-10-8-6-4-2-1-3-5-7-9-10/h1,6,8H,2-5,7,9H2/b8-6-. The third kappa shape index (κ3) is 3.97. The van der Waals surface area contributed by atoms with Gasteiger partial charge in [0.15, 0.2) is 5.78 Å². The summed E-state index contributed by atoms with van der Waals surface area (Å²) in [6, 6.07) is 0. The molecule has 0 aromatic carbocycles. The van der Waals surface area contributed by atoms with Gasteiger partial charge in [0.2, 0.25) is 0 Å². The van der Waals surface area contributed by atoms with Crippen LogP contribution in [-0.4, -0.2) is 5.78 Å². The Morgan fingerprint density at radius 1 is 1.09 bits per heavy atom. The fourth-order valence-corrected chi connectivity index (χ4v) is 1.24. The molecule has 1 aliphatic carbocycles. The van der Waals surface area contributed by atoms with Crippen molar-refractivity contribution in [3.05, 3.63) is 18.6 Å². The van der Waals surface area contributed by atoms with E-state index in [-0.39, 0.29) is 0 Å². The molecule has 0 N–H and O–H groups in total. The summed E-state index contributed by atoms with van der Waals surface area (Å²) in [5.74, 6) is 0.298. The molecule has 1 radical (unpaired) electrons. The Morgan fingerprint density at radius 2 is 2.00 bits per heavy atom. The molecule has 0 heterocycles. The largest absolute Gasteiger partial charge is 0.295 e. The molecule has 0 bridgehead atoms. The maximum absolute atomic E-state index is 11.0. The van der Waals surface area contributed by atoms with E-state index in [0.29, 0.717) is 5.78 Å². The van der Waals surface area contributed by atoms with Crippen LogP contribution in [0.3, 0.4) is 0 Å². The molecular formula is C10H15O. The lowest BCUT2D eigenvalue weighted by Crippen LogP contribution is -1.94. The summed E-state index contributed by atoms with van der Waals surface area (Å²) in [6.45, 7) is 0. The van der Waals surface area contributed by atoms with Crippen LogP contribution < -0.4 is 0 Å². The fraction of sp³-hybridized carbons (Fsp3) is 0.600. The molecule has 1 rings (SSSR count). The molecule has 0 saturated carbocycles. The molecule has 1 nitrogen and oxygen atoms in total. The molecule has 0 aromatic rings. The predicted molar refractivity (Wildman–Crippen MR) is 46.1 cm³/mol. The van der Waals surface area contributed by atoms with E-state index in [2.05, 4.69) is 6.42 Å². The molecule has 0 saturated heterocycles. The molecular weight excluding hydrogens is 136 g/mol. The summed E-state index contributed by atoms with van der Waals surface area (Å²) >= 11 is 0. The maximum atomic E-state index is 11.0. The summed E-state index contributed by atoms with van der Waals surface area (Å²) in [5.41, 5.74) is 0. The highest BCUT2D eigenvalue weighted by molar-refractivity contribution is 5.89. The number of rotatable bonds is 0. The molecule has 1 aliphatic rings. The lowest BCUT2D eigenvalue weighted by Gasteiger charge is -2.00. The summed E-state index contributed by atoms with van der Waals surface area (Å²) in [4.78, 5) is 11.0. The van der Waals surface area contributed by atoms with Crippen LogP contribution in [0.25, 0.3) is 0 Å². The number of hydrogen-bond donors (Lipinski definition) is 0. The van der Waals surface area contributed by atoms with Crippen molar-refractivity contribution in [1.82, 2.24) is 0 Å². The molecule has 0 spiro atoms. The lowest BCUT2D eigenvalue weighted by atomic mass is 10.0. The van der Waals surface area contributed by atoms with E-state index in [9.17, 15) is 4.79 Å². The van der Waals surface area contributed by atoms with Gasteiger partial charge >= 0.3 is 0 Å². The third-order valence-corrected chi connectivity index (χ3v) is 1.92. The van der Waals surface area contributed by atoms with Crippen LogP contribution in [0.4, 0.5) is 0 Å². The van der Waals surface area contributed by atoms with Crippen LogP contribution in [0, 0.1) is 6.42 Å². The van der Waals surface area contributed by atoms with E-state index in [1.54, 1.807) is 6.08 Å². The molecule has 61 valence electrons. The minimum atomic E-state index is 0.298. The van der Waals surface area contributed by atoms with E-state index in [4.69, 9.17) is 0 Å². The summed E-state index contributed by atoms with van der Waals surface area (Å²) < 4.78 is 0. The highest BCUT2D eigenvalue weighted by atomic mass is 16.1. The van der Waals surface area contributed by atoms with Gasteiger partial charge in [-0.3, -0.25) is 4.79 Å². The monoisotopic (exact) mass is 151 g/mol. The highest BCUT2D eigenvalue weighted by Gasteiger charge is 1.98. The summed E-state index contributed by atoms with van der Waals surface area (Å²) in [6.07, 6.45) is 12.4. The average Bonchev–Trinajstić information content (AvgIpc) is 2.03. The van der Waals surface area contributed by atoms with Crippen molar-refractivity contribution in [3.63, 3.8) is 0 Å². The van der Waals surface area contributed by atoms with Gasteiger partial charge in [0.05, 0.1) is 0 Å². The predicted octanol–water partition coefficient (Wildman–Crippen LogP) is 2.67. The van der Waals surface area contributed by atoms with E-state index < -0.39 is 0 Å². The highest BCUT2D eigenvalue weighted by Crippen LogP contribution is 2.09. The van der Waals surface area contributed by atoms with Crippen molar-refractivity contribution in [2.75, 3.05) is 0 Å². The van der Waals surface area contributed by atoms with Crippen LogP contribution in [0.5, 0.6) is 0 Å². The zero-order valence-electron chi connectivity index (χ0n) is 6.88. The van der Waals surface area contributed by atoms with Crippen molar-refractivity contribution in [2.24, 2.45) is 0 Å².